The summed E-state index contributed by atoms with van der Waals surface area (Å²) in [7, 11) is 0. The molecule has 9 nitrogen and oxygen atoms in total. The van der Waals surface area contributed by atoms with Gasteiger partial charge in [-0.3, -0.25) is 19.2 Å². The fourth-order valence-corrected chi connectivity index (χ4v) is 1.41. The van der Waals surface area contributed by atoms with Crippen molar-refractivity contribution in [3.63, 3.8) is 0 Å². The third kappa shape index (κ3) is 6.81. The zero-order chi connectivity index (χ0) is 15.7. The lowest BCUT2D eigenvalue weighted by molar-refractivity contribution is -0.187. The van der Waals surface area contributed by atoms with E-state index in [1.54, 1.807) is 0 Å². The van der Waals surface area contributed by atoms with Crippen molar-refractivity contribution in [1.29, 1.82) is 0 Å². The number of esters is 3. The molecule has 0 unspecified atom stereocenters. The van der Waals surface area contributed by atoms with Crippen molar-refractivity contribution in [2.24, 2.45) is 5.90 Å². The zero-order valence-corrected chi connectivity index (χ0v) is 11.4. The lowest BCUT2D eigenvalue weighted by Gasteiger charge is -2.28. The van der Waals surface area contributed by atoms with E-state index in [0.717, 1.165) is 20.8 Å². The van der Waals surface area contributed by atoms with Gasteiger partial charge in [-0.1, -0.05) is 0 Å². The van der Waals surface area contributed by atoms with Crippen LogP contribution in [0.1, 0.15) is 20.8 Å². The second-order valence-electron chi connectivity index (χ2n) is 3.77. The molecule has 20 heavy (non-hydrogen) atoms. The van der Waals surface area contributed by atoms with E-state index in [1.165, 1.54) is 0 Å². The van der Waals surface area contributed by atoms with Crippen LogP contribution in [0.25, 0.3) is 0 Å². The molecular formula is C11H17NO8. The SMILES string of the molecule is CC(=O)O[C@H]([C@H](C=O)OC(C)=O)[C@@H](CON)OC(C)=O. The molecule has 0 amide bonds. The van der Waals surface area contributed by atoms with Gasteiger partial charge in [-0.2, -0.15) is 0 Å². The van der Waals surface area contributed by atoms with Crippen molar-refractivity contribution in [1.82, 2.24) is 0 Å². The van der Waals surface area contributed by atoms with Crippen LogP contribution < -0.4 is 5.90 Å². The molecule has 0 bridgehead atoms. The van der Waals surface area contributed by atoms with Crippen LogP contribution in [-0.2, 0) is 38.2 Å². The van der Waals surface area contributed by atoms with Crippen LogP contribution in [0.4, 0.5) is 0 Å². The Bertz CT molecular complexity index is 369. The summed E-state index contributed by atoms with van der Waals surface area (Å²) in [4.78, 5) is 48.3. The molecule has 0 aromatic rings. The Kier molecular flexibility index (Phi) is 8.09. The first-order chi connectivity index (χ1) is 9.31. The van der Waals surface area contributed by atoms with Crippen LogP contribution in [-0.4, -0.2) is 49.1 Å². The fourth-order valence-electron chi connectivity index (χ4n) is 1.41. The molecule has 0 spiro atoms. The summed E-state index contributed by atoms with van der Waals surface area (Å²) in [6, 6.07) is 0. The quantitative estimate of drug-likeness (QED) is 0.255. The van der Waals surface area contributed by atoms with Gasteiger partial charge in [0, 0.05) is 20.8 Å². The molecule has 0 aromatic heterocycles. The molecule has 0 saturated heterocycles. The summed E-state index contributed by atoms with van der Waals surface area (Å²) >= 11 is 0. The second-order valence-corrected chi connectivity index (χ2v) is 3.77. The highest BCUT2D eigenvalue weighted by molar-refractivity contribution is 5.72. The van der Waals surface area contributed by atoms with Crippen molar-refractivity contribution in [2.45, 2.75) is 39.1 Å². The highest BCUT2D eigenvalue weighted by atomic mass is 16.7. The van der Waals surface area contributed by atoms with Crippen molar-refractivity contribution < 1.29 is 38.2 Å². The maximum Gasteiger partial charge on any atom is 0.303 e. The molecule has 9 heteroatoms. The number of hydrogen-bond donors (Lipinski definition) is 1. The lowest BCUT2D eigenvalue weighted by Crippen LogP contribution is -2.48. The molecule has 0 saturated carbocycles. The Hall–Kier alpha value is -2.00. The van der Waals surface area contributed by atoms with Gasteiger partial charge >= 0.3 is 17.9 Å². The molecule has 0 aromatic carbocycles. The summed E-state index contributed by atoms with van der Waals surface area (Å²) in [6.45, 7) is 2.90. The summed E-state index contributed by atoms with van der Waals surface area (Å²) < 4.78 is 14.4. The molecule has 0 fully saturated rings. The predicted molar refractivity (Wildman–Crippen MR) is 62.9 cm³/mol. The molecule has 2 N–H and O–H groups in total. The van der Waals surface area contributed by atoms with Gasteiger partial charge in [-0.05, 0) is 0 Å². The molecule has 0 rings (SSSR count). The number of nitrogens with two attached hydrogens (primary N) is 1. The Balaban J connectivity index is 5.21. The van der Waals surface area contributed by atoms with Crippen molar-refractivity contribution in [3.8, 4) is 0 Å². The third-order valence-electron chi connectivity index (χ3n) is 2.01. The summed E-state index contributed by atoms with van der Waals surface area (Å²) in [5.41, 5.74) is 0. The molecule has 0 aliphatic heterocycles. The Morgan fingerprint density at radius 3 is 1.85 bits per heavy atom. The number of carbonyl (C=O) groups is 4. The number of aldehydes is 1. The first-order valence-electron chi connectivity index (χ1n) is 5.60. The zero-order valence-electron chi connectivity index (χ0n) is 11.4. The van der Waals surface area contributed by atoms with Gasteiger partial charge < -0.3 is 19.0 Å². The van der Waals surface area contributed by atoms with E-state index in [0.29, 0.717) is 0 Å². The molecule has 0 aliphatic carbocycles. The minimum Gasteiger partial charge on any atom is -0.456 e. The number of hydrogen-bond acceptors (Lipinski definition) is 9. The van der Waals surface area contributed by atoms with Gasteiger partial charge in [0.2, 0.25) is 0 Å². The topological polar surface area (TPSA) is 131 Å². The Morgan fingerprint density at radius 1 is 1.00 bits per heavy atom. The Labute approximate surface area is 115 Å². The molecule has 0 heterocycles. The van der Waals surface area contributed by atoms with Gasteiger partial charge in [0.15, 0.2) is 24.6 Å². The van der Waals surface area contributed by atoms with E-state index in [2.05, 4.69) is 4.84 Å². The van der Waals surface area contributed by atoms with E-state index in [1.807, 2.05) is 0 Å². The smallest absolute Gasteiger partial charge is 0.303 e. The van der Waals surface area contributed by atoms with Crippen LogP contribution >= 0.6 is 0 Å². The maximum atomic E-state index is 11.1. The van der Waals surface area contributed by atoms with Crippen molar-refractivity contribution in [3.05, 3.63) is 0 Å². The maximum absolute atomic E-state index is 11.1. The molecule has 114 valence electrons. The predicted octanol–water partition coefficient (Wildman–Crippen LogP) is -1.13. The van der Waals surface area contributed by atoms with Crippen LogP contribution in [0, 0.1) is 0 Å². The highest BCUT2D eigenvalue weighted by Crippen LogP contribution is 2.13. The average Bonchev–Trinajstić information content (AvgIpc) is 2.31. The monoisotopic (exact) mass is 291 g/mol. The summed E-state index contributed by atoms with van der Waals surface area (Å²) in [5.74, 6) is 2.65. The lowest BCUT2D eigenvalue weighted by atomic mass is 10.1. The summed E-state index contributed by atoms with van der Waals surface area (Å²) in [6.07, 6.45) is -3.75. The average molecular weight is 291 g/mol. The van der Waals surface area contributed by atoms with Crippen LogP contribution in [0.5, 0.6) is 0 Å². The van der Waals surface area contributed by atoms with Gasteiger partial charge in [0.05, 0.1) is 0 Å². The molecule has 0 radical (unpaired) electrons. The fraction of sp³-hybridized carbons (Fsp3) is 0.636. The van der Waals surface area contributed by atoms with Crippen molar-refractivity contribution >= 4 is 24.2 Å². The van der Waals surface area contributed by atoms with E-state index >= 15 is 0 Å². The van der Waals surface area contributed by atoms with Gasteiger partial charge in [0.1, 0.15) is 6.61 Å². The second kappa shape index (κ2) is 8.99. The van der Waals surface area contributed by atoms with Gasteiger partial charge in [-0.15, -0.1) is 0 Å². The number of rotatable bonds is 8. The van der Waals surface area contributed by atoms with E-state index in [4.69, 9.17) is 20.1 Å². The minimum absolute atomic E-state index is 0.252. The Morgan fingerprint density at radius 2 is 1.50 bits per heavy atom. The van der Waals surface area contributed by atoms with Gasteiger partial charge in [-0.25, -0.2) is 5.90 Å². The molecule has 0 aliphatic rings. The molecular weight excluding hydrogens is 274 g/mol. The number of carbonyl (C=O) groups excluding carboxylic acids is 4. The summed E-state index contributed by atoms with van der Waals surface area (Å²) in [5, 5.41) is 0. The van der Waals surface area contributed by atoms with E-state index < -0.39 is 36.2 Å². The highest BCUT2D eigenvalue weighted by Gasteiger charge is 2.37. The van der Waals surface area contributed by atoms with Crippen LogP contribution in [0.3, 0.4) is 0 Å². The van der Waals surface area contributed by atoms with Crippen molar-refractivity contribution in [2.75, 3.05) is 6.61 Å². The van der Waals surface area contributed by atoms with E-state index in [-0.39, 0.29) is 12.9 Å². The van der Waals surface area contributed by atoms with Gasteiger partial charge in [0.25, 0.3) is 0 Å². The van der Waals surface area contributed by atoms with Crippen LogP contribution in [0.2, 0.25) is 0 Å². The molecule has 3 atom stereocenters. The first-order valence-corrected chi connectivity index (χ1v) is 5.60. The minimum atomic E-state index is -1.45. The number of ether oxygens (including phenoxy) is 3. The van der Waals surface area contributed by atoms with E-state index in [9.17, 15) is 19.2 Å². The largest absolute Gasteiger partial charge is 0.456 e. The normalized spacial score (nSPS) is 14.6. The standard InChI is InChI=1S/C11H17NO8/c1-6(14)18-9(4-13)11(20-8(3)16)10(5-17-12)19-7(2)15/h4,9-11H,5,12H2,1-3H3/t9-,10+,11+/m0/s1. The first kappa shape index (κ1) is 18.0. The van der Waals surface area contributed by atoms with Crippen LogP contribution in [0.15, 0.2) is 0 Å². The third-order valence-corrected chi connectivity index (χ3v) is 2.01.